The molecule has 2 aromatic rings. The van der Waals surface area contributed by atoms with Gasteiger partial charge in [0, 0.05) is 10.9 Å². The Balaban J connectivity index is 2.48. The van der Waals surface area contributed by atoms with Crippen molar-refractivity contribution in [1.82, 2.24) is 4.98 Å². The molecule has 0 spiro atoms. The fraction of sp³-hybridized carbons (Fsp3) is 0.308. The zero-order valence-electron chi connectivity index (χ0n) is 10.9. The Labute approximate surface area is 118 Å². The molecule has 0 amide bonds. The molecule has 3 nitrogen and oxygen atoms in total. The van der Waals surface area contributed by atoms with E-state index in [4.69, 9.17) is 10.5 Å². The third-order valence-corrected chi connectivity index (χ3v) is 3.14. The van der Waals surface area contributed by atoms with E-state index in [0.717, 1.165) is 6.07 Å². The minimum atomic E-state index is -4.48. The van der Waals surface area contributed by atoms with Gasteiger partial charge in [-0.3, -0.25) is 0 Å². The van der Waals surface area contributed by atoms with Gasteiger partial charge < -0.3 is 10.5 Å². The van der Waals surface area contributed by atoms with E-state index in [1.54, 1.807) is 25.3 Å². The number of rotatable bonds is 3. The Bertz CT molecular complexity index is 608. The van der Waals surface area contributed by atoms with E-state index in [9.17, 15) is 13.2 Å². The highest BCUT2D eigenvalue weighted by molar-refractivity contribution is 7.13. The normalized spacial score (nSPS) is 11.9. The number of hydrogen-bond acceptors (Lipinski definition) is 4. The van der Waals surface area contributed by atoms with Crippen molar-refractivity contribution < 1.29 is 17.9 Å². The molecule has 2 rings (SSSR count). The van der Waals surface area contributed by atoms with Gasteiger partial charge >= 0.3 is 6.18 Å². The van der Waals surface area contributed by atoms with Crippen LogP contribution in [0.4, 0.5) is 18.3 Å². The van der Waals surface area contributed by atoms with Gasteiger partial charge in [0.15, 0.2) is 5.13 Å². The van der Waals surface area contributed by atoms with Gasteiger partial charge in [0.1, 0.15) is 5.75 Å². The molecular formula is C13H13F3N2OS. The van der Waals surface area contributed by atoms with Crippen molar-refractivity contribution in [2.75, 3.05) is 5.73 Å². The van der Waals surface area contributed by atoms with Gasteiger partial charge in [0.25, 0.3) is 0 Å². The number of thiazole rings is 1. The van der Waals surface area contributed by atoms with E-state index in [1.807, 2.05) is 0 Å². The number of halogens is 3. The lowest BCUT2D eigenvalue weighted by Crippen LogP contribution is -2.13. The zero-order chi connectivity index (χ0) is 14.9. The molecule has 0 unspecified atom stereocenters. The Morgan fingerprint density at radius 1 is 1.30 bits per heavy atom. The standard InChI is InChI=1S/C13H13F3N2OS/c1-7(2)19-11-4-3-8(5-9(11)13(14,15)16)10-6-20-12(17)18-10/h3-7H,1-2H3,(H2,17,18). The van der Waals surface area contributed by atoms with Crippen LogP contribution < -0.4 is 10.5 Å². The van der Waals surface area contributed by atoms with Crippen molar-refractivity contribution in [3.8, 4) is 17.0 Å². The largest absolute Gasteiger partial charge is 0.490 e. The summed E-state index contributed by atoms with van der Waals surface area (Å²) in [5.74, 6) is -0.181. The number of nitrogens with zero attached hydrogens (tertiary/aromatic N) is 1. The first kappa shape index (κ1) is 14.6. The molecule has 0 fully saturated rings. The first-order chi connectivity index (χ1) is 9.27. The highest BCUT2D eigenvalue weighted by Crippen LogP contribution is 2.39. The van der Waals surface area contributed by atoms with Crippen LogP contribution in [0, 0.1) is 0 Å². The summed E-state index contributed by atoms with van der Waals surface area (Å²) in [6.45, 7) is 3.35. The highest BCUT2D eigenvalue weighted by Gasteiger charge is 2.35. The summed E-state index contributed by atoms with van der Waals surface area (Å²) in [4.78, 5) is 3.98. The third-order valence-electron chi connectivity index (χ3n) is 2.47. The van der Waals surface area contributed by atoms with Crippen molar-refractivity contribution in [3.63, 3.8) is 0 Å². The van der Waals surface area contributed by atoms with E-state index >= 15 is 0 Å². The molecule has 7 heteroatoms. The van der Waals surface area contributed by atoms with E-state index in [2.05, 4.69) is 4.98 Å². The Morgan fingerprint density at radius 3 is 2.50 bits per heavy atom. The number of anilines is 1. The predicted molar refractivity (Wildman–Crippen MR) is 72.7 cm³/mol. The van der Waals surface area contributed by atoms with Crippen molar-refractivity contribution >= 4 is 16.5 Å². The van der Waals surface area contributed by atoms with Gasteiger partial charge in [-0.2, -0.15) is 13.2 Å². The monoisotopic (exact) mass is 302 g/mol. The summed E-state index contributed by atoms with van der Waals surface area (Å²) in [5, 5.41) is 1.93. The molecule has 2 N–H and O–H groups in total. The van der Waals surface area contributed by atoms with Crippen LogP contribution >= 0.6 is 11.3 Å². The summed E-state index contributed by atoms with van der Waals surface area (Å²) < 4.78 is 44.4. The van der Waals surface area contributed by atoms with Crippen LogP contribution in [0.1, 0.15) is 19.4 Å². The SMILES string of the molecule is CC(C)Oc1ccc(-c2csc(N)n2)cc1C(F)(F)F. The summed E-state index contributed by atoms with van der Waals surface area (Å²) in [6, 6.07) is 3.89. The molecule has 0 bridgehead atoms. The molecule has 0 aliphatic carbocycles. The van der Waals surface area contributed by atoms with Crippen LogP contribution in [0.2, 0.25) is 0 Å². The van der Waals surface area contributed by atoms with Crippen LogP contribution in [-0.4, -0.2) is 11.1 Å². The van der Waals surface area contributed by atoms with Crippen LogP contribution in [-0.2, 0) is 6.18 Å². The number of hydrogen-bond donors (Lipinski definition) is 1. The topological polar surface area (TPSA) is 48.1 Å². The lowest BCUT2D eigenvalue weighted by molar-refractivity contribution is -0.139. The van der Waals surface area contributed by atoms with E-state index < -0.39 is 11.7 Å². The maximum Gasteiger partial charge on any atom is 0.419 e. The number of benzene rings is 1. The first-order valence-electron chi connectivity index (χ1n) is 5.86. The Hall–Kier alpha value is -1.76. The van der Waals surface area contributed by atoms with E-state index in [-0.39, 0.29) is 11.9 Å². The molecule has 0 aliphatic heterocycles. The minimum Gasteiger partial charge on any atom is -0.490 e. The molecule has 0 saturated heterocycles. The van der Waals surface area contributed by atoms with Crippen LogP contribution in [0.5, 0.6) is 5.75 Å². The molecule has 0 aliphatic rings. The first-order valence-corrected chi connectivity index (χ1v) is 6.74. The molecule has 1 heterocycles. The predicted octanol–water partition coefficient (Wildman–Crippen LogP) is 4.20. The fourth-order valence-electron chi connectivity index (χ4n) is 1.69. The second-order valence-corrected chi connectivity index (χ2v) is 5.34. The molecule has 0 atom stereocenters. The summed E-state index contributed by atoms with van der Waals surface area (Å²) >= 11 is 1.18. The Kier molecular flexibility index (Phi) is 3.89. The van der Waals surface area contributed by atoms with Crippen molar-refractivity contribution in [2.45, 2.75) is 26.1 Å². The maximum atomic E-state index is 13.1. The number of aromatic nitrogens is 1. The van der Waals surface area contributed by atoms with Crippen LogP contribution in [0.15, 0.2) is 23.6 Å². The minimum absolute atomic E-state index is 0.181. The van der Waals surface area contributed by atoms with Crippen molar-refractivity contribution in [3.05, 3.63) is 29.1 Å². The molecule has 108 valence electrons. The molecule has 1 aromatic carbocycles. The molecule has 20 heavy (non-hydrogen) atoms. The zero-order valence-corrected chi connectivity index (χ0v) is 11.7. The van der Waals surface area contributed by atoms with Gasteiger partial charge in [-0.05, 0) is 32.0 Å². The van der Waals surface area contributed by atoms with Crippen LogP contribution in [0.25, 0.3) is 11.3 Å². The van der Waals surface area contributed by atoms with Gasteiger partial charge in [-0.15, -0.1) is 11.3 Å². The number of alkyl halides is 3. The quantitative estimate of drug-likeness (QED) is 0.924. The van der Waals surface area contributed by atoms with Crippen LogP contribution in [0.3, 0.4) is 0 Å². The fourth-order valence-corrected chi connectivity index (χ4v) is 2.26. The van der Waals surface area contributed by atoms with E-state index in [1.165, 1.54) is 17.4 Å². The Morgan fingerprint density at radius 2 is 2.00 bits per heavy atom. The molecule has 0 saturated carbocycles. The van der Waals surface area contributed by atoms with Gasteiger partial charge in [0.05, 0.1) is 17.4 Å². The molecule has 0 radical (unpaired) electrons. The lowest BCUT2D eigenvalue weighted by atomic mass is 10.1. The lowest BCUT2D eigenvalue weighted by Gasteiger charge is -2.17. The molecule has 1 aromatic heterocycles. The average Bonchev–Trinajstić information content (AvgIpc) is 2.74. The van der Waals surface area contributed by atoms with Gasteiger partial charge in [0.2, 0.25) is 0 Å². The summed E-state index contributed by atoms with van der Waals surface area (Å²) in [5.41, 5.74) is 5.47. The van der Waals surface area contributed by atoms with E-state index in [0.29, 0.717) is 16.4 Å². The second-order valence-electron chi connectivity index (χ2n) is 4.45. The second kappa shape index (κ2) is 5.32. The van der Waals surface area contributed by atoms with Crippen molar-refractivity contribution in [1.29, 1.82) is 0 Å². The summed E-state index contributed by atoms with van der Waals surface area (Å²) in [6.07, 6.45) is -4.82. The number of nitrogens with two attached hydrogens (primary N) is 1. The van der Waals surface area contributed by atoms with Crippen molar-refractivity contribution in [2.24, 2.45) is 0 Å². The number of ether oxygens (including phenoxy) is 1. The number of nitrogen functional groups attached to an aromatic ring is 1. The third kappa shape index (κ3) is 3.22. The molecular weight excluding hydrogens is 289 g/mol. The van der Waals surface area contributed by atoms with Gasteiger partial charge in [-0.1, -0.05) is 0 Å². The average molecular weight is 302 g/mol. The smallest absolute Gasteiger partial charge is 0.419 e. The maximum absolute atomic E-state index is 13.1. The van der Waals surface area contributed by atoms with Gasteiger partial charge in [-0.25, -0.2) is 4.98 Å². The highest BCUT2D eigenvalue weighted by atomic mass is 32.1. The summed E-state index contributed by atoms with van der Waals surface area (Å²) in [7, 11) is 0.